The van der Waals surface area contributed by atoms with Crippen molar-refractivity contribution in [2.75, 3.05) is 33.0 Å². The third-order valence-corrected chi connectivity index (χ3v) is 9.98. The fraction of sp³-hybridized carbons (Fsp3) is 0.880. The highest BCUT2D eigenvalue weighted by Gasteiger charge is 2.67. The van der Waals surface area contributed by atoms with E-state index < -0.39 is 5.79 Å². The highest BCUT2D eigenvalue weighted by molar-refractivity contribution is 5.66. The van der Waals surface area contributed by atoms with Gasteiger partial charge in [-0.25, -0.2) is 0 Å². The van der Waals surface area contributed by atoms with E-state index in [9.17, 15) is 4.79 Å². The van der Waals surface area contributed by atoms with Crippen LogP contribution in [-0.4, -0.2) is 50.6 Å². The Morgan fingerprint density at radius 2 is 1.71 bits per heavy atom. The Bertz CT molecular complexity index is 779. The summed E-state index contributed by atoms with van der Waals surface area (Å²) < 4.78 is 30.5. The van der Waals surface area contributed by atoms with E-state index in [4.69, 9.17) is 23.7 Å². The maximum atomic E-state index is 11.8. The number of esters is 1. The highest BCUT2D eigenvalue weighted by Crippen LogP contribution is 2.69. The van der Waals surface area contributed by atoms with E-state index in [-0.39, 0.29) is 22.6 Å². The summed E-state index contributed by atoms with van der Waals surface area (Å²) in [5.74, 6) is 0.691. The fourth-order valence-corrected chi connectivity index (χ4v) is 8.54. The summed E-state index contributed by atoms with van der Waals surface area (Å²) in [5.41, 5.74) is 1.41. The molecule has 0 radical (unpaired) electrons. The number of carbonyl (C=O) groups is 1. The monoisotopic (exact) mass is 432 g/mol. The number of rotatable bonds is 2. The molecule has 0 unspecified atom stereocenters. The third kappa shape index (κ3) is 2.81. The Morgan fingerprint density at radius 3 is 2.45 bits per heavy atom. The Labute approximate surface area is 185 Å². The zero-order valence-electron chi connectivity index (χ0n) is 19.0. The van der Waals surface area contributed by atoms with Crippen molar-refractivity contribution in [3.05, 3.63) is 11.6 Å². The van der Waals surface area contributed by atoms with Crippen LogP contribution >= 0.6 is 0 Å². The van der Waals surface area contributed by atoms with Gasteiger partial charge in [0.15, 0.2) is 11.6 Å². The number of hydrogen-bond acceptors (Lipinski definition) is 6. The van der Waals surface area contributed by atoms with Crippen molar-refractivity contribution in [2.24, 2.45) is 28.6 Å². The van der Waals surface area contributed by atoms with Gasteiger partial charge in [0.25, 0.3) is 0 Å². The van der Waals surface area contributed by atoms with Crippen LogP contribution in [0.3, 0.4) is 0 Å². The summed E-state index contributed by atoms with van der Waals surface area (Å²) in [4.78, 5) is 11.8. The van der Waals surface area contributed by atoms with Crippen molar-refractivity contribution in [1.29, 1.82) is 0 Å². The fourth-order valence-electron chi connectivity index (χ4n) is 8.54. The lowest BCUT2D eigenvalue weighted by Crippen LogP contribution is -2.57. The molecule has 6 nitrogen and oxygen atoms in total. The van der Waals surface area contributed by atoms with Crippen molar-refractivity contribution < 1.29 is 28.5 Å². The molecule has 0 N–H and O–H groups in total. The first-order chi connectivity index (χ1) is 14.9. The van der Waals surface area contributed by atoms with Crippen LogP contribution < -0.4 is 0 Å². The first kappa shape index (κ1) is 20.6. The van der Waals surface area contributed by atoms with Crippen LogP contribution in [0, 0.1) is 28.6 Å². The molecule has 2 saturated heterocycles. The average Bonchev–Trinajstić information content (AvgIpc) is 3.48. The molecular weight excluding hydrogens is 396 g/mol. The molecule has 0 amide bonds. The van der Waals surface area contributed by atoms with Crippen LogP contribution in [0.5, 0.6) is 0 Å². The largest absolute Gasteiger partial charge is 0.465 e. The highest BCUT2D eigenvalue weighted by atomic mass is 16.7. The zero-order valence-corrected chi connectivity index (χ0v) is 19.0. The van der Waals surface area contributed by atoms with Gasteiger partial charge >= 0.3 is 5.97 Å². The number of ether oxygens (including phenoxy) is 5. The van der Waals surface area contributed by atoms with Crippen molar-refractivity contribution in [1.82, 2.24) is 0 Å². The standard InChI is InChI=1S/C25H36O6/c1-17(26)27-16-23-9-10-24(28-11-12-29-24)15-18(23)3-4-19-20-6-8-25(30-13-14-31-25)22(20,2)7-5-21(19)23/h3,19-21H,4-16H2,1-2H3/t19-,20-,21-,22-,23+/m0/s1. The van der Waals surface area contributed by atoms with E-state index in [2.05, 4.69) is 13.0 Å². The molecule has 31 heavy (non-hydrogen) atoms. The molecule has 6 aliphatic rings. The molecule has 5 fully saturated rings. The smallest absolute Gasteiger partial charge is 0.302 e. The summed E-state index contributed by atoms with van der Waals surface area (Å²) in [7, 11) is 0. The second-order valence-electron chi connectivity index (χ2n) is 11.0. The summed E-state index contributed by atoms with van der Waals surface area (Å²) in [5, 5.41) is 0. The molecule has 5 atom stereocenters. The molecule has 0 aromatic carbocycles. The van der Waals surface area contributed by atoms with Crippen molar-refractivity contribution in [2.45, 2.75) is 76.8 Å². The minimum absolute atomic E-state index is 0.0756. The first-order valence-electron chi connectivity index (χ1n) is 12.3. The molecule has 2 aliphatic heterocycles. The number of allylic oxidation sites excluding steroid dienone is 1. The molecule has 2 spiro atoms. The topological polar surface area (TPSA) is 63.2 Å². The second kappa shape index (κ2) is 7.02. The van der Waals surface area contributed by atoms with Gasteiger partial charge in [0.2, 0.25) is 0 Å². The summed E-state index contributed by atoms with van der Waals surface area (Å²) in [6.45, 7) is 7.24. The van der Waals surface area contributed by atoms with Crippen molar-refractivity contribution in [3.63, 3.8) is 0 Å². The molecule has 6 heteroatoms. The lowest BCUT2D eigenvalue weighted by Gasteiger charge is -2.60. The Kier molecular flexibility index (Phi) is 4.68. The molecular formula is C25H36O6. The minimum Gasteiger partial charge on any atom is -0.465 e. The van der Waals surface area contributed by atoms with E-state index in [1.165, 1.54) is 18.9 Å². The van der Waals surface area contributed by atoms with Gasteiger partial charge in [-0.1, -0.05) is 18.6 Å². The minimum atomic E-state index is -0.454. The van der Waals surface area contributed by atoms with Crippen LogP contribution in [0.2, 0.25) is 0 Å². The quantitative estimate of drug-likeness (QED) is 0.486. The van der Waals surface area contributed by atoms with Gasteiger partial charge in [-0.05, 0) is 49.9 Å². The summed E-state index contributed by atoms with van der Waals surface area (Å²) >= 11 is 0. The summed E-state index contributed by atoms with van der Waals surface area (Å²) in [6.07, 6.45) is 10.6. The van der Waals surface area contributed by atoms with Gasteiger partial charge in [0.05, 0.1) is 26.4 Å². The molecule has 0 aromatic heterocycles. The lowest BCUT2D eigenvalue weighted by atomic mass is 9.47. The van der Waals surface area contributed by atoms with Gasteiger partial charge in [-0.2, -0.15) is 0 Å². The Balaban J connectivity index is 1.34. The van der Waals surface area contributed by atoms with E-state index in [0.717, 1.165) is 58.2 Å². The van der Waals surface area contributed by atoms with Crippen LogP contribution in [-0.2, 0) is 28.5 Å². The van der Waals surface area contributed by atoms with Gasteiger partial charge < -0.3 is 23.7 Å². The van der Waals surface area contributed by atoms with Crippen LogP contribution in [0.1, 0.15) is 65.2 Å². The lowest BCUT2D eigenvalue weighted by molar-refractivity contribution is -0.245. The zero-order chi connectivity index (χ0) is 21.3. The van der Waals surface area contributed by atoms with Crippen LogP contribution in [0.4, 0.5) is 0 Å². The van der Waals surface area contributed by atoms with E-state index in [1.54, 1.807) is 0 Å². The van der Waals surface area contributed by atoms with E-state index in [1.807, 2.05) is 0 Å². The van der Waals surface area contributed by atoms with Crippen molar-refractivity contribution >= 4 is 5.97 Å². The normalized spacial score (nSPS) is 44.6. The maximum absolute atomic E-state index is 11.8. The average molecular weight is 433 g/mol. The van der Waals surface area contributed by atoms with Gasteiger partial charge in [-0.3, -0.25) is 4.79 Å². The molecule has 6 rings (SSSR count). The van der Waals surface area contributed by atoms with Gasteiger partial charge in [0.1, 0.15) is 6.61 Å². The Morgan fingerprint density at radius 1 is 1.00 bits per heavy atom. The predicted molar refractivity (Wildman–Crippen MR) is 112 cm³/mol. The number of carbonyl (C=O) groups excluding carboxylic acids is 1. The number of fused-ring (bicyclic) bond motifs is 6. The Hall–Kier alpha value is -0.950. The summed E-state index contributed by atoms with van der Waals surface area (Å²) in [6, 6.07) is 0. The predicted octanol–water partition coefficient (Wildman–Crippen LogP) is 3.98. The van der Waals surface area contributed by atoms with E-state index >= 15 is 0 Å². The van der Waals surface area contributed by atoms with E-state index in [0.29, 0.717) is 37.6 Å². The van der Waals surface area contributed by atoms with Crippen LogP contribution in [0.25, 0.3) is 0 Å². The molecule has 172 valence electrons. The van der Waals surface area contributed by atoms with Crippen LogP contribution in [0.15, 0.2) is 11.6 Å². The van der Waals surface area contributed by atoms with Crippen molar-refractivity contribution in [3.8, 4) is 0 Å². The number of hydrogen-bond donors (Lipinski definition) is 0. The maximum Gasteiger partial charge on any atom is 0.302 e. The third-order valence-electron chi connectivity index (χ3n) is 9.98. The molecule has 0 aromatic rings. The SMILES string of the molecule is CC(=O)OC[C@]12CCC3(CC1=CC[C@@H]1[C@@H]2CC[C@@]2(C)[C@H]1CCC21OCCO1)OCCO3. The first-order valence-corrected chi connectivity index (χ1v) is 12.3. The molecule has 0 bridgehead atoms. The van der Waals surface area contributed by atoms with Gasteiger partial charge in [0, 0.05) is 37.0 Å². The second-order valence-corrected chi connectivity index (χ2v) is 11.0. The molecule has 3 saturated carbocycles. The molecule has 4 aliphatic carbocycles. The van der Waals surface area contributed by atoms with Gasteiger partial charge in [-0.15, -0.1) is 0 Å². The molecule has 2 heterocycles.